The third-order valence-corrected chi connectivity index (χ3v) is 15.2. The van der Waals surface area contributed by atoms with Crippen LogP contribution in [0.15, 0.2) is 101 Å². The van der Waals surface area contributed by atoms with Gasteiger partial charge in [-0.15, -0.1) is 0 Å². The van der Waals surface area contributed by atoms with Crippen molar-refractivity contribution in [2.24, 2.45) is 5.41 Å². The van der Waals surface area contributed by atoms with Gasteiger partial charge in [0.25, 0.3) is 25.8 Å². The number of morpholine rings is 1. The second-order valence-electron chi connectivity index (χ2n) is 17.2. The van der Waals surface area contributed by atoms with Crippen LogP contribution in [-0.2, 0) is 24.6 Å². The molecule has 0 saturated carbocycles. The second kappa shape index (κ2) is 18.2. The van der Waals surface area contributed by atoms with Gasteiger partial charge in [0.15, 0.2) is 0 Å². The molecule has 3 aromatic carbocycles. The van der Waals surface area contributed by atoms with Gasteiger partial charge < -0.3 is 29.6 Å². The zero-order chi connectivity index (χ0) is 46.3. The van der Waals surface area contributed by atoms with Crippen molar-refractivity contribution in [1.82, 2.24) is 24.9 Å². The van der Waals surface area contributed by atoms with Crippen LogP contribution in [0.1, 0.15) is 49.0 Å². The molecule has 5 aromatic rings. The molecule has 1 amide bonds. The SMILES string of the molecule is CN(c1ccc(S(=O)(=O)NC(=O)c2ccc(N3CCN(CC4=C(c5ccc(Cl)cc5)CC(C)(C)CC4)CC3)cc2Oc2cnc3[nH]ccc3c2)cc1S(=O)(=O)C(F)(F)F)C1CNCCO1. The van der Waals surface area contributed by atoms with E-state index in [4.69, 9.17) is 21.1 Å². The largest absolute Gasteiger partial charge is 0.501 e. The second-order valence-corrected chi connectivity index (χ2v) is 21.2. The Bertz CT molecular complexity index is 2840. The molecule has 1 aliphatic carbocycles. The van der Waals surface area contributed by atoms with Crippen molar-refractivity contribution in [2.75, 3.05) is 69.3 Å². The first-order valence-electron chi connectivity index (χ1n) is 21.0. The average Bonchev–Trinajstić information content (AvgIpc) is 3.75. The number of piperazine rings is 1. The van der Waals surface area contributed by atoms with Crippen molar-refractivity contribution in [3.8, 4) is 11.5 Å². The first kappa shape index (κ1) is 46.4. The highest BCUT2D eigenvalue weighted by Gasteiger charge is 2.49. The van der Waals surface area contributed by atoms with E-state index >= 15 is 0 Å². The number of sulfonamides is 1. The van der Waals surface area contributed by atoms with Crippen molar-refractivity contribution in [2.45, 2.75) is 54.6 Å². The van der Waals surface area contributed by atoms with E-state index in [-0.39, 0.29) is 35.6 Å². The zero-order valence-electron chi connectivity index (χ0n) is 35.9. The number of likely N-dealkylation sites (N-methyl/N-ethyl adjacent to an activating group) is 1. The maximum Gasteiger partial charge on any atom is 0.501 e. The summed E-state index contributed by atoms with van der Waals surface area (Å²) in [7, 11) is -9.74. The Morgan fingerprint density at radius 2 is 1.77 bits per heavy atom. The number of nitrogens with one attached hydrogen (secondary N) is 3. The van der Waals surface area contributed by atoms with Crippen molar-refractivity contribution in [1.29, 1.82) is 0 Å². The first-order valence-corrected chi connectivity index (χ1v) is 24.4. The van der Waals surface area contributed by atoms with Crippen LogP contribution >= 0.6 is 11.6 Å². The number of rotatable bonds is 12. The fraction of sp³-hybridized carbons (Fsp3) is 0.378. The number of sulfone groups is 1. The molecule has 14 nitrogen and oxygen atoms in total. The molecule has 4 heterocycles. The Morgan fingerprint density at radius 1 is 1.02 bits per heavy atom. The van der Waals surface area contributed by atoms with E-state index in [2.05, 4.69) is 51.1 Å². The van der Waals surface area contributed by atoms with E-state index < -0.39 is 53.0 Å². The molecule has 2 saturated heterocycles. The number of carbonyl (C=O) groups excluding carboxylic acids is 1. The van der Waals surface area contributed by atoms with Crippen LogP contribution in [-0.4, -0.2) is 109 Å². The highest BCUT2D eigenvalue weighted by atomic mass is 35.5. The number of anilines is 2. The first-order chi connectivity index (χ1) is 30.8. The van der Waals surface area contributed by atoms with Gasteiger partial charge in [0.1, 0.15) is 28.3 Å². The van der Waals surface area contributed by atoms with Crippen LogP contribution in [0.5, 0.6) is 11.5 Å². The van der Waals surface area contributed by atoms with Crippen molar-refractivity contribution in [3.05, 3.63) is 107 Å². The van der Waals surface area contributed by atoms with Gasteiger partial charge in [-0.1, -0.05) is 43.2 Å². The molecule has 2 aliphatic heterocycles. The number of hydrogen-bond donors (Lipinski definition) is 3. The summed E-state index contributed by atoms with van der Waals surface area (Å²) < 4.78 is 109. The molecule has 65 heavy (non-hydrogen) atoms. The third-order valence-electron chi connectivity index (χ3n) is 12.1. The van der Waals surface area contributed by atoms with E-state index in [1.807, 2.05) is 16.9 Å². The summed E-state index contributed by atoms with van der Waals surface area (Å²) in [6.45, 7) is 9.06. The Kier molecular flexibility index (Phi) is 13.0. The van der Waals surface area contributed by atoms with Crippen molar-refractivity contribution in [3.63, 3.8) is 0 Å². The lowest BCUT2D eigenvalue weighted by molar-refractivity contribution is -0.0436. The number of H-pyrrole nitrogens is 1. The molecule has 0 radical (unpaired) electrons. The van der Waals surface area contributed by atoms with Gasteiger partial charge in [0.05, 0.1) is 29.0 Å². The van der Waals surface area contributed by atoms with Gasteiger partial charge >= 0.3 is 5.51 Å². The number of ether oxygens (including phenoxy) is 2. The maximum absolute atomic E-state index is 14.0. The van der Waals surface area contributed by atoms with Crippen LogP contribution in [0.25, 0.3) is 16.6 Å². The third kappa shape index (κ3) is 10.1. The topological polar surface area (TPSA) is 166 Å². The Balaban J connectivity index is 1.05. The molecule has 1 atom stereocenters. The number of amides is 1. The number of nitrogens with zero attached hydrogens (tertiary/aromatic N) is 4. The smallest absolute Gasteiger partial charge is 0.455 e. The summed E-state index contributed by atoms with van der Waals surface area (Å²) >= 11 is 6.23. The van der Waals surface area contributed by atoms with E-state index in [1.54, 1.807) is 30.5 Å². The minimum absolute atomic E-state index is 0.0182. The molecule has 1 unspecified atom stereocenters. The summed E-state index contributed by atoms with van der Waals surface area (Å²) in [6, 6.07) is 18.5. The molecule has 2 fully saturated rings. The monoisotopic (exact) mass is 955 g/mol. The summed E-state index contributed by atoms with van der Waals surface area (Å²) in [5, 5.41) is 4.42. The lowest BCUT2D eigenvalue weighted by Crippen LogP contribution is -2.48. The molecular weight excluding hydrogens is 907 g/mol. The molecular formula is C45H49ClF3N7O7S2. The number of benzene rings is 3. The highest BCUT2D eigenvalue weighted by molar-refractivity contribution is 7.92. The highest BCUT2D eigenvalue weighted by Crippen LogP contribution is 2.44. The summed E-state index contributed by atoms with van der Waals surface area (Å²) in [5.74, 6) is -0.943. The Hall–Kier alpha value is -5.18. The minimum Gasteiger partial charge on any atom is -0.455 e. The molecule has 0 bridgehead atoms. The van der Waals surface area contributed by atoms with Crippen LogP contribution < -0.4 is 24.6 Å². The minimum atomic E-state index is -6.09. The molecule has 2 aromatic heterocycles. The predicted octanol–water partition coefficient (Wildman–Crippen LogP) is 7.59. The maximum atomic E-state index is 14.0. The van der Waals surface area contributed by atoms with Gasteiger partial charge in [0.2, 0.25) is 0 Å². The number of alkyl halides is 3. The van der Waals surface area contributed by atoms with Crippen LogP contribution in [0.3, 0.4) is 0 Å². The number of allylic oxidation sites excluding steroid dienone is 1. The number of aromatic amines is 1. The number of hydrogen-bond acceptors (Lipinski definition) is 12. The number of carbonyl (C=O) groups is 1. The molecule has 346 valence electrons. The van der Waals surface area contributed by atoms with E-state index in [9.17, 15) is 34.8 Å². The van der Waals surface area contributed by atoms with E-state index in [1.165, 1.54) is 40.9 Å². The summed E-state index contributed by atoms with van der Waals surface area (Å²) in [4.78, 5) is 24.9. The molecule has 3 aliphatic rings. The van der Waals surface area contributed by atoms with Crippen molar-refractivity contribution < 1.29 is 44.3 Å². The normalized spacial score (nSPS) is 18.8. The molecule has 8 rings (SSSR count). The quantitative estimate of drug-likeness (QED) is 0.112. The average molecular weight is 957 g/mol. The predicted molar refractivity (Wildman–Crippen MR) is 243 cm³/mol. The van der Waals surface area contributed by atoms with E-state index in [0.29, 0.717) is 47.4 Å². The number of aromatic nitrogens is 2. The van der Waals surface area contributed by atoms with Gasteiger partial charge in [-0.25, -0.2) is 26.5 Å². The van der Waals surface area contributed by atoms with Gasteiger partial charge in [-0.2, -0.15) is 13.2 Å². The number of pyridine rings is 1. The zero-order valence-corrected chi connectivity index (χ0v) is 38.3. The van der Waals surface area contributed by atoms with Gasteiger partial charge in [-0.05, 0) is 90.4 Å². The van der Waals surface area contributed by atoms with Gasteiger partial charge in [0, 0.05) is 81.2 Å². The molecule has 20 heteroatoms. The lowest BCUT2D eigenvalue weighted by Gasteiger charge is -2.39. The van der Waals surface area contributed by atoms with Crippen LogP contribution in [0, 0.1) is 5.41 Å². The summed E-state index contributed by atoms with van der Waals surface area (Å²) in [6.07, 6.45) is 5.35. The Morgan fingerprint density at radius 3 is 2.48 bits per heavy atom. The number of fused-ring (bicyclic) bond motifs is 1. The van der Waals surface area contributed by atoms with Gasteiger partial charge in [-0.3, -0.25) is 9.69 Å². The Labute approximate surface area is 380 Å². The summed E-state index contributed by atoms with van der Waals surface area (Å²) in [5.41, 5.74) is -0.983. The fourth-order valence-corrected chi connectivity index (χ4v) is 10.7. The number of halogens is 4. The molecule has 0 spiro atoms. The van der Waals surface area contributed by atoms with Crippen molar-refractivity contribution >= 4 is 65.3 Å². The molecule has 3 N–H and O–H groups in total. The lowest BCUT2D eigenvalue weighted by atomic mass is 9.72. The van der Waals surface area contributed by atoms with E-state index in [0.717, 1.165) is 51.0 Å². The fourth-order valence-electron chi connectivity index (χ4n) is 8.46. The van der Waals surface area contributed by atoms with Crippen LogP contribution in [0.4, 0.5) is 24.5 Å². The standard InChI is InChI=1S/C45H49ClF3N7O7S2/c1-44(2)14-12-31(37(25-44)29-4-6-32(46)7-5-29)28-55-17-19-56(20-18-55)33-8-10-36(39(23-33)63-34-22-30-13-15-51-42(30)52-26-34)43(57)53-65(60,61)35-9-11-38(54(3)41-27-50-16-21-62-41)40(24-35)64(58,59)45(47,48)49/h4-11,13,15,22-24,26,41,50H,12,14,16-21,25,27-28H2,1-3H3,(H,51,52)(H,53,57). The van der Waals surface area contributed by atoms with Crippen LogP contribution in [0.2, 0.25) is 5.02 Å².